The van der Waals surface area contributed by atoms with Gasteiger partial charge in [0.15, 0.2) is 0 Å². The van der Waals surface area contributed by atoms with Crippen molar-refractivity contribution in [3.8, 4) is 0 Å². The first-order chi connectivity index (χ1) is 8.11. The van der Waals surface area contributed by atoms with Gasteiger partial charge in [0.1, 0.15) is 0 Å². The lowest BCUT2D eigenvalue weighted by molar-refractivity contribution is -0.0387. The molecule has 1 heteroatoms. The van der Waals surface area contributed by atoms with E-state index in [0.717, 1.165) is 29.6 Å². The Bertz CT molecular complexity index is 238. The Kier molecular flexibility index (Phi) is 4.52. The van der Waals surface area contributed by atoms with Crippen LogP contribution in [0.5, 0.6) is 0 Å². The molecule has 0 saturated heterocycles. The van der Waals surface area contributed by atoms with Crippen molar-refractivity contribution in [2.24, 2.45) is 29.6 Å². The van der Waals surface area contributed by atoms with Gasteiger partial charge in [-0.25, -0.2) is 0 Å². The molecule has 0 aliphatic heterocycles. The van der Waals surface area contributed by atoms with E-state index >= 15 is 0 Å². The van der Waals surface area contributed by atoms with Crippen molar-refractivity contribution in [1.29, 1.82) is 0 Å². The largest absolute Gasteiger partial charge is 0.381 e. The highest BCUT2D eigenvalue weighted by Gasteiger charge is 2.39. The van der Waals surface area contributed by atoms with Crippen LogP contribution in [0.15, 0.2) is 0 Å². The first-order valence-electron chi connectivity index (χ1n) is 7.64. The van der Waals surface area contributed by atoms with E-state index in [1.54, 1.807) is 0 Å². The molecule has 0 aromatic rings. The first-order valence-corrected chi connectivity index (χ1v) is 7.64. The third kappa shape index (κ3) is 3.05. The molecule has 0 radical (unpaired) electrons. The van der Waals surface area contributed by atoms with Crippen LogP contribution in [-0.4, -0.2) is 13.2 Å². The Labute approximate surface area is 107 Å². The normalized spacial score (nSPS) is 48.0. The van der Waals surface area contributed by atoms with Crippen molar-refractivity contribution in [2.75, 3.05) is 7.11 Å². The van der Waals surface area contributed by atoms with E-state index in [-0.39, 0.29) is 0 Å². The molecule has 2 aliphatic carbocycles. The molecule has 0 aromatic carbocycles. The second kappa shape index (κ2) is 5.73. The minimum Gasteiger partial charge on any atom is -0.381 e. The molecular weight excluding hydrogens is 208 g/mol. The summed E-state index contributed by atoms with van der Waals surface area (Å²) >= 11 is 0. The van der Waals surface area contributed by atoms with Gasteiger partial charge in [-0.05, 0) is 55.3 Å². The molecule has 2 rings (SSSR count). The molecule has 17 heavy (non-hydrogen) atoms. The molecule has 0 amide bonds. The van der Waals surface area contributed by atoms with Crippen LogP contribution in [0.2, 0.25) is 0 Å². The van der Waals surface area contributed by atoms with E-state index in [9.17, 15) is 0 Å². The lowest BCUT2D eigenvalue weighted by atomic mass is 9.64. The second-order valence-corrected chi connectivity index (χ2v) is 6.92. The average molecular weight is 238 g/mol. The Morgan fingerprint density at radius 2 is 1.35 bits per heavy atom. The molecule has 0 spiro atoms. The highest BCUT2D eigenvalue weighted by Crippen LogP contribution is 2.45. The summed E-state index contributed by atoms with van der Waals surface area (Å²) in [6.45, 7) is 7.34. The van der Waals surface area contributed by atoms with E-state index in [1.807, 2.05) is 7.11 Å². The summed E-state index contributed by atoms with van der Waals surface area (Å²) in [5.41, 5.74) is 0. The van der Waals surface area contributed by atoms with Gasteiger partial charge in [-0.15, -0.1) is 0 Å². The van der Waals surface area contributed by atoms with Crippen LogP contribution in [0, 0.1) is 29.6 Å². The van der Waals surface area contributed by atoms with Crippen LogP contribution in [-0.2, 0) is 4.74 Å². The topological polar surface area (TPSA) is 9.23 Å². The Morgan fingerprint density at radius 1 is 0.765 bits per heavy atom. The molecule has 6 unspecified atom stereocenters. The van der Waals surface area contributed by atoms with Crippen molar-refractivity contribution in [3.05, 3.63) is 0 Å². The molecule has 2 saturated carbocycles. The molecule has 2 fully saturated rings. The van der Waals surface area contributed by atoms with Gasteiger partial charge in [-0.1, -0.05) is 33.6 Å². The first kappa shape index (κ1) is 13.4. The van der Waals surface area contributed by atoms with Crippen LogP contribution >= 0.6 is 0 Å². The van der Waals surface area contributed by atoms with Crippen LogP contribution < -0.4 is 0 Å². The highest BCUT2D eigenvalue weighted by atomic mass is 16.5. The predicted octanol–water partition coefficient (Wildman–Crippen LogP) is 4.51. The highest BCUT2D eigenvalue weighted by molar-refractivity contribution is 4.89. The van der Waals surface area contributed by atoms with Crippen LogP contribution in [0.25, 0.3) is 0 Å². The fourth-order valence-corrected chi connectivity index (χ4v) is 4.31. The maximum atomic E-state index is 5.79. The number of hydrogen-bond acceptors (Lipinski definition) is 1. The van der Waals surface area contributed by atoms with Crippen LogP contribution in [0.4, 0.5) is 0 Å². The SMILES string of the molecule is COC1CCC(C)CC1C1CC(C)CCC1C. The molecule has 6 atom stereocenters. The van der Waals surface area contributed by atoms with E-state index in [1.165, 1.54) is 38.5 Å². The molecule has 1 nitrogen and oxygen atoms in total. The van der Waals surface area contributed by atoms with E-state index in [4.69, 9.17) is 4.74 Å². The summed E-state index contributed by atoms with van der Waals surface area (Å²) in [5, 5.41) is 0. The maximum Gasteiger partial charge on any atom is 0.0602 e. The molecule has 0 bridgehead atoms. The Balaban J connectivity index is 2.05. The fraction of sp³-hybridized carbons (Fsp3) is 1.00. The van der Waals surface area contributed by atoms with Crippen molar-refractivity contribution >= 4 is 0 Å². The summed E-state index contributed by atoms with van der Waals surface area (Å²) in [6.07, 6.45) is 8.93. The van der Waals surface area contributed by atoms with E-state index < -0.39 is 0 Å². The fourth-order valence-electron chi connectivity index (χ4n) is 4.31. The van der Waals surface area contributed by atoms with Crippen molar-refractivity contribution < 1.29 is 4.74 Å². The van der Waals surface area contributed by atoms with Crippen molar-refractivity contribution in [2.45, 2.75) is 65.4 Å². The molecule has 0 heterocycles. The van der Waals surface area contributed by atoms with Gasteiger partial charge in [0, 0.05) is 7.11 Å². The van der Waals surface area contributed by atoms with Gasteiger partial charge >= 0.3 is 0 Å². The van der Waals surface area contributed by atoms with E-state index in [0.29, 0.717) is 6.10 Å². The number of hydrogen-bond donors (Lipinski definition) is 0. The maximum absolute atomic E-state index is 5.79. The predicted molar refractivity (Wildman–Crippen MR) is 73.0 cm³/mol. The minimum atomic E-state index is 0.545. The zero-order valence-electron chi connectivity index (χ0n) is 12.1. The summed E-state index contributed by atoms with van der Waals surface area (Å²) in [7, 11) is 1.92. The van der Waals surface area contributed by atoms with E-state index in [2.05, 4.69) is 20.8 Å². The van der Waals surface area contributed by atoms with Gasteiger partial charge in [0.25, 0.3) is 0 Å². The number of methoxy groups -OCH3 is 1. The third-order valence-electron chi connectivity index (χ3n) is 5.47. The average Bonchev–Trinajstić information content (AvgIpc) is 2.32. The molecule has 100 valence electrons. The lowest BCUT2D eigenvalue weighted by Crippen LogP contribution is -2.40. The zero-order valence-corrected chi connectivity index (χ0v) is 12.1. The minimum absolute atomic E-state index is 0.545. The zero-order chi connectivity index (χ0) is 12.4. The molecule has 0 N–H and O–H groups in total. The van der Waals surface area contributed by atoms with Crippen molar-refractivity contribution in [1.82, 2.24) is 0 Å². The number of ether oxygens (including phenoxy) is 1. The van der Waals surface area contributed by atoms with Crippen LogP contribution in [0.3, 0.4) is 0 Å². The molecular formula is C16H30O. The molecule has 0 aromatic heterocycles. The van der Waals surface area contributed by atoms with Gasteiger partial charge in [0.2, 0.25) is 0 Å². The van der Waals surface area contributed by atoms with Gasteiger partial charge in [-0.3, -0.25) is 0 Å². The number of rotatable bonds is 2. The van der Waals surface area contributed by atoms with Crippen molar-refractivity contribution in [3.63, 3.8) is 0 Å². The quantitative estimate of drug-likeness (QED) is 0.688. The summed E-state index contributed by atoms with van der Waals surface area (Å²) in [5.74, 6) is 4.52. The van der Waals surface area contributed by atoms with Gasteiger partial charge < -0.3 is 4.74 Å². The summed E-state index contributed by atoms with van der Waals surface area (Å²) in [6, 6.07) is 0. The standard InChI is InChI=1S/C16H30O/c1-11-5-7-13(3)14(9-11)15-10-12(2)6-8-16(15)17-4/h11-16H,5-10H2,1-4H3. The summed E-state index contributed by atoms with van der Waals surface area (Å²) < 4.78 is 5.79. The van der Waals surface area contributed by atoms with Crippen LogP contribution in [0.1, 0.15) is 59.3 Å². The Hall–Kier alpha value is -0.0400. The van der Waals surface area contributed by atoms with Gasteiger partial charge in [0.05, 0.1) is 6.10 Å². The third-order valence-corrected chi connectivity index (χ3v) is 5.47. The molecule has 2 aliphatic rings. The Morgan fingerprint density at radius 3 is 2.00 bits per heavy atom. The second-order valence-electron chi connectivity index (χ2n) is 6.92. The van der Waals surface area contributed by atoms with Gasteiger partial charge in [-0.2, -0.15) is 0 Å². The smallest absolute Gasteiger partial charge is 0.0602 e. The lowest BCUT2D eigenvalue weighted by Gasteiger charge is -2.44. The summed E-state index contributed by atoms with van der Waals surface area (Å²) in [4.78, 5) is 0. The monoisotopic (exact) mass is 238 g/mol.